The largest absolute Gasteiger partial charge is 0.397 e. The van der Waals surface area contributed by atoms with Crippen LogP contribution in [0.25, 0.3) is 10.9 Å². The molecule has 15 heavy (non-hydrogen) atoms. The molecule has 3 nitrogen and oxygen atoms in total. The molecule has 0 unspecified atom stereocenters. The Morgan fingerprint density at radius 3 is 2.87 bits per heavy atom. The van der Waals surface area contributed by atoms with Crippen LogP contribution in [-0.4, -0.2) is 10.8 Å². The van der Waals surface area contributed by atoms with Gasteiger partial charge in [-0.25, -0.2) is 4.98 Å². The number of para-hydroxylation sites is 1. The number of rotatable bonds is 2. The van der Waals surface area contributed by atoms with E-state index in [0.717, 1.165) is 5.39 Å². The zero-order valence-corrected chi connectivity index (χ0v) is 8.10. The quantitative estimate of drug-likeness (QED) is 0.457. The van der Waals surface area contributed by atoms with Gasteiger partial charge in [-0.1, -0.05) is 24.8 Å². The Hall–Kier alpha value is -2.16. The maximum absolute atomic E-state index is 11.3. The number of nitrogens with two attached hydrogens (primary N) is 1. The zero-order valence-electron chi connectivity index (χ0n) is 8.10. The number of benzene rings is 1. The Bertz CT molecular complexity index is 546. The van der Waals surface area contributed by atoms with E-state index in [1.807, 2.05) is 18.2 Å². The Kier molecular flexibility index (Phi) is 2.21. The summed E-state index contributed by atoms with van der Waals surface area (Å²) >= 11 is 0. The summed E-state index contributed by atoms with van der Waals surface area (Å²) in [5.74, 6) is -0.194. The number of anilines is 1. The monoisotopic (exact) mass is 198 g/mol. The Balaban J connectivity index is 2.69. The number of carbonyl (C=O) groups is 1. The number of allylic oxidation sites excluding steroid dienone is 1. The molecule has 0 aliphatic rings. The lowest BCUT2D eigenvalue weighted by Gasteiger charge is -2.02. The van der Waals surface area contributed by atoms with Crippen LogP contribution in [-0.2, 0) is 0 Å². The molecule has 2 rings (SSSR count). The van der Waals surface area contributed by atoms with Crippen molar-refractivity contribution in [2.75, 3.05) is 5.73 Å². The van der Waals surface area contributed by atoms with Gasteiger partial charge in [-0.05, 0) is 18.2 Å². The standard InChI is InChI=1S/C12H10N2O/c1-2-11(15)10-7-6-8-4-3-5-9(13)12(8)14-10/h2-7H,1,13H2. The van der Waals surface area contributed by atoms with E-state index in [2.05, 4.69) is 11.6 Å². The molecule has 0 aliphatic carbocycles. The van der Waals surface area contributed by atoms with E-state index in [0.29, 0.717) is 16.9 Å². The summed E-state index contributed by atoms with van der Waals surface area (Å²) in [5, 5.41) is 0.926. The van der Waals surface area contributed by atoms with E-state index in [-0.39, 0.29) is 5.78 Å². The predicted molar refractivity (Wildman–Crippen MR) is 60.7 cm³/mol. The van der Waals surface area contributed by atoms with Crippen molar-refractivity contribution in [3.05, 3.63) is 48.7 Å². The van der Waals surface area contributed by atoms with Gasteiger partial charge in [0, 0.05) is 5.39 Å². The number of hydrogen-bond acceptors (Lipinski definition) is 3. The average molecular weight is 198 g/mol. The zero-order chi connectivity index (χ0) is 10.8. The lowest BCUT2D eigenvalue weighted by atomic mass is 10.1. The summed E-state index contributed by atoms with van der Waals surface area (Å²) in [6, 6.07) is 9.02. The van der Waals surface area contributed by atoms with Crippen molar-refractivity contribution >= 4 is 22.4 Å². The van der Waals surface area contributed by atoms with Crippen molar-refractivity contribution in [1.29, 1.82) is 0 Å². The molecule has 0 aliphatic heterocycles. The van der Waals surface area contributed by atoms with Crippen molar-refractivity contribution < 1.29 is 4.79 Å². The van der Waals surface area contributed by atoms with E-state index >= 15 is 0 Å². The third-order valence-corrected chi connectivity index (χ3v) is 2.19. The van der Waals surface area contributed by atoms with Gasteiger partial charge in [0.2, 0.25) is 5.78 Å². The van der Waals surface area contributed by atoms with Gasteiger partial charge < -0.3 is 5.73 Å². The van der Waals surface area contributed by atoms with Gasteiger partial charge in [-0.2, -0.15) is 0 Å². The van der Waals surface area contributed by atoms with E-state index in [4.69, 9.17) is 5.73 Å². The maximum atomic E-state index is 11.3. The summed E-state index contributed by atoms with van der Waals surface area (Å²) in [4.78, 5) is 15.5. The minimum Gasteiger partial charge on any atom is -0.397 e. The van der Waals surface area contributed by atoms with E-state index < -0.39 is 0 Å². The molecule has 0 amide bonds. The number of fused-ring (bicyclic) bond motifs is 1. The highest BCUT2D eigenvalue weighted by Gasteiger charge is 2.05. The summed E-state index contributed by atoms with van der Waals surface area (Å²) in [6.45, 7) is 3.42. The van der Waals surface area contributed by atoms with E-state index in [1.54, 1.807) is 12.1 Å². The smallest absolute Gasteiger partial charge is 0.203 e. The molecule has 0 saturated heterocycles. The topological polar surface area (TPSA) is 56.0 Å². The first kappa shape index (κ1) is 9.40. The van der Waals surface area contributed by atoms with Crippen LogP contribution in [0.4, 0.5) is 5.69 Å². The third-order valence-electron chi connectivity index (χ3n) is 2.19. The number of aromatic nitrogens is 1. The van der Waals surface area contributed by atoms with Gasteiger partial charge in [-0.15, -0.1) is 0 Å². The van der Waals surface area contributed by atoms with Crippen molar-refractivity contribution in [1.82, 2.24) is 4.98 Å². The van der Waals surface area contributed by atoms with E-state index in [1.165, 1.54) is 6.08 Å². The van der Waals surface area contributed by atoms with Gasteiger partial charge in [0.25, 0.3) is 0 Å². The highest BCUT2D eigenvalue weighted by atomic mass is 16.1. The first-order valence-corrected chi connectivity index (χ1v) is 4.54. The molecular formula is C12H10N2O. The highest BCUT2D eigenvalue weighted by Crippen LogP contribution is 2.18. The molecule has 0 atom stereocenters. The summed E-state index contributed by atoms with van der Waals surface area (Å²) in [5.41, 5.74) is 7.37. The minimum absolute atomic E-state index is 0.194. The second-order valence-corrected chi connectivity index (χ2v) is 3.18. The van der Waals surface area contributed by atoms with Crippen molar-refractivity contribution in [2.45, 2.75) is 0 Å². The molecule has 0 saturated carbocycles. The third kappa shape index (κ3) is 1.59. The number of pyridine rings is 1. The number of ketones is 1. The SMILES string of the molecule is C=CC(=O)c1ccc2cccc(N)c2n1. The molecule has 74 valence electrons. The van der Waals surface area contributed by atoms with Gasteiger partial charge >= 0.3 is 0 Å². The first-order valence-electron chi connectivity index (χ1n) is 4.54. The van der Waals surface area contributed by atoms with Crippen molar-refractivity contribution in [2.24, 2.45) is 0 Å². The van der Waals surface area contributed by atoms with Crippen LogP contribution >= 0.6 is 0 Å². The van der Waals surface area contributed by atoms with E-state index in [9.17, 15) is 4.79 Å². The Labute approximate surface area is 87.2 Å². The van der Waals surface area contributed by atoms with Gasteiger partial charge in [0.15, 0.2) is 0 Å². The summed E-state index contributed by atoms with van der Waals surface area (Å²) in [6.07, 6.45) is 1.24. The first-order chi connectivity index (χ1) is 7.22. The van der Waals surface area contributed by atoms with Crippen molar-refractivity contribution in [3.63, 3.8) is 0 Å². The molecule has 0 bridgehead atoms. The molecule has 0 spiro atoms. The molecule has 1 aromatic heterocycles. The number of nitrogens with zero attached hydrogens (tertiary/aromatic N) is 1. The summed E-state index contributed by atoms with van der Waals surface area (Å²) in [7, 11) is 0. The normalized spacial score (nSPS) is 10.1. The molecule has 0 radical (unpaired) electrons. The molecular weight excluding hydrogens is 188 g/mol. The maximum Gasteiger partial charge on any atom is 0.203 e. The highest BCUT2D eigenvalue weighted by molar-refractivity contribution is 6.04. The van der Waals surface area contributed by atoms with Crippen molar-refractivity contribution in [3.8, 4) is 0 Å². The van der Waals surface area contributed by atoms with Crippen LogP contribution in [0.3, 0.4) is 0 Å². The number of hydrogen-bond donors (Lipinski definition) is 1. The second kappa shape index (κ2) is 3.53. The fraction of sp³-hybridized carbons (Fsp3) is 0. The molecule has 3 heteroatoms. The fourth-order valence-corrected chi connectivity index (χ4v) is 1.41. The van der Waals surface area contributed by atoms with Gasteiger partial charge in [0.05, 0.1) is 11.2 Å². The number of nitrogen functional groups attached to an aromatic ring is 1. The minimum atomic E-state index is -0.194. The molecule has 2 aromatic rings. The molecule has 1 aromatic carbocycles. The molecule has 2 N–H and O–H groups in total. The van der Waals surface area contributed by atoms with Crippen LogP contribution in [0, 0.1) is 0 Å². The van der Waals surface area contributed by atoms with Crippen LogP contribution < -0.4 is 5.73 Å². The van der Waals surface area contributed by atoms with Crippen LogP contribution in [0.15, 0.2) is 43.0 Å². The second-order valence-electron chi connectivity index (χ2n) is 3.18. The predicted octanol–water partition coefficient (Wildman–Crippen LogP) is 2.19. The lowest BCUT2D eigenvalue weighted by molar-refractivity contribution is 0.104. The van der Waals surface area contributed by atoms with Gasteiger partial charge in [0.1, 0.15) is 5.69 Å². The fourth-order valence-electron chi connectivity index (χ4n) is 1.41. The Morgan fingerprint density at radius 1 is 1.33 bits per heavy atom. The molecule has 0 fully saturated rings. The molecule has 1 heterocycles. The van der Waals surface area contributed by atoms with Crippen LogP contribution in [0.2, 0.25) is 0 Å². The van der Waals surface area contributed by atoms with Gasteiger partial charge in [-0.3, -0.25) is 4.79 Å². The summed E-state index contributed by atoms with van der Waals surface area (Å²) < 4.78 is 0. The average Bonchev–Trinajstić information content (AvgIpc) is 2.28. The van der Waals surface area contributed by atoms with Crippen LogP contribution in [0.1, 0.15) is 10.5 Å². The Morgan fingerprint density at radius 2 is 2.13 bits per heavy atom. The number of carbonyl (C=O) groups excluding carboxylic acids is 1. The lowest BCUT2D eigenvalue weighted by Crippen LogP contribution is -1.99. The van der Waals surface area contributed by atoms with Crippen LogP contribution in [0.5, 0.6) is 0 Å².